The van der Waals surface area contributed by atoms with Crippen LogP contribution < -0.4 is 0 Å². The summed E-state index contributed by atoms with van der Waals surface area (Å²) in [6.07, 6.45) is -5.13. The highest BCUT2D eigenvalue weighted by Gasteiger charge is 2.46. The molecule has 2 aromatic rings. The summed E-state index contributed by atoms with van der Waals surface area (Å²) in [5.74, 6) is -1.28. The minimum Gasteiger partial charge on any atom is -0.459 e. The Labute approximate surface area is 149 Å². The molecular weight excluding hydrogens is 340 g/mol. The van der Waals surface area contributed by atoms with Crippen LogP contribution in [0.2, 0.25) is 0 Å². The molecule has 136 valence electrons. The van der Waals surface area contributed by atoms with Crippen molar-refractivity contribution in [2.24, 2.45) is 0 Å². The number of hydrogen-bond acceptors (Lipinski definition) is 7. The van der Waals surface area contributed by atoms with Crippen LogP contribution in [0, 0.1) is 0 Å². The van der Waals surface area contributed by atoms with Gasteiger partial charge in [-0.3, -0.25) is 0 Å². The lowest BCUT2D eigenvalue weighted by atomic mass is 10.1. The predicted molar refractivity (Wildman–Crippen MR) is 89.3 cm³/mol. The first-order valence-electron chi connectivity index (χ1n) is 8.06. The maximum atomic E-state index is 12.1. The standard InChI is InChI=1S/C19H18O7/c20-15-14(11-24-17(21)12-7-3-1-4-8-12)25-19(23)16(15)26-18(22)13-9-5-2-6-10-13/h1-10,14-16,19-20,23H,11H2/t14-,15-,16-,19+/m1/s1. The average Bonchev–Trinajstić information content (AvgIpc) is 2.95. The Morgan fingerprint density at radius 2 is 1.42 bits per heavy atom. The van der Waals surface area contributed by atoms with Crippen molar-refractivity contribution in [2.45, 2.75) is 24.6 Å². The van der Waals surface area contributed by atoms with E-state index in [1.54, 1.807) is 60.7 Å². The van der Waals surface area contributed by atoms with Gasteiger partial charge in [-0.15, -0.1) is 0 Å². The van der Waals surface area contributed by atoms with Gasteiger partial charge in [-0.25, -0.2) is 9.59 Å². The maximum absolute atomic E-state index is 12.1. The van der Waals surface area contributed by atoms with Crippen LogP contribution in [0.1, 0.15) is 20.7 Å². The molecule has 0 aliphatic carbocycles. The van der Waals surface area contributed by atoms with E-state index in [9.17, 15) is 19.8 Å². The Kier molecular flexibility index (Phi) is 5.62. The number of aliphatic hydroxyl groups is 2. The van der Waals surface area contributed by atoms with E-state index in [1.807, 2.05) is 0 Å². The summed E-state index contributed by atoms with van der Waals surface area (Å²) in [5, 5.41) is 20.2. The number of aliphatic hydroxyl groups excluding tert-OH is 2. The van der Waals surface area contributed by atoms with Gasteiger partial charge in [0.25, 0.3) is 0 Å². The van der Waals surface area contributed by atoms with Crippen molar-refractivity contribution in [3.05, 3.63) is 71.8 Å². The molecule has 7 nitrogen and oxygen atoms in total. The summed E-state index contributed by atoms with van der Waals surface area (Å²) in [5.41, 5.74) is 0.637. The van der Waals surface area contributed by atoms with E-state index in [0.717, 1.165) is 0 Å². The topological polar surface area (TPSA) is 102 Å². The summed E-state index contributed by atoms with van der Waals surface area (Å²) in [4.78, 5) is 24.0. The molecular formula is C19H18O7. The molecule has 1 aliphatic heterocycles. The summed E-state index contributed by atoms with van der Waals surface area (Å²) in [7, 11) is 0. The zero-order chi connectivity index (χ0) is 18.5. The monoisotopic (exact) mass is 358 g/mol. The first kappa shape index (κ1) is 18.1. The Hall–Kier alpha value is -2.74. The lowest BCUT2D eigenvalue weighted by molar-refractivity contribution is -0.135. The van der Waals surface area contributed by atoms with Crippen molar-refractivity contribution < 1.29 is 34.0 Å². The van der Waals surface area contributed by atoms with E-state index in [0.29, 0.717) is 5.56 Å². The lowest BCUT2D eigenvalue weighted by Gasteiger charge is -2.18. The van der Waals surface area contributed by atoms with Gasteiger partial charge in [-0.2, -0.15) is 0 Å². The van der Waals surface area contributed by atoms with Gasteiger partial charge in [-0.05, 0) is 24.3 Å². The van der Waals surface area contributed by atoms with Gasteiger partial charge >= 0.3 is 11.9 Å². The van der Waals surface area contributed by atoms with Crippen LogP contribution in [0.4, 0.5) is 0 Å². The van der Waals surface area contributed by atoms with E-state index in [1.165, 1.54) is 0 Å². The number of esters is 2. The summed E-state index contributed by atoms with van der Waals surface area (Å²) in [6.45, 7) is -0.286. The van der Waals surface area contributed by atoms with Crippen LogP contribution in [0.15, 0.2) is 60.7 Å². The molecule has 0 amide bonds. The molecule has 0 spiro atoms. The van der Waals surface area contributed by atoms with Crippen LogP contribution in [-0.2, 0) is 14.2 Å². The number of benzene rings is 2. The molecule has 2 N–H and O–H groups in total. The van der Waals surface area contributed by atoms with Gasteiger partial charge in [-0.1, -0.05) is 36.4 Å². The second kappa shape index (κ2) is 8.09. The molecule has 1 aliphatic rings. The zero-order valence-corrected chi connectivity index (χ0v) is 13.7. The second-order valence-electron chi connectivity index (χ2n) is 5.76. The molecule has 2 aromatic carbocycles. The third-order valence-electron chi connectivity index (χ3n) is 3.95. The highest BCUT2D eigenvalue weighted by molar-refractivity contribution is 5.89. The first-order valence-corrected chi connectivity index (χ1v) is 8.06. The molecule has 1 fully saturated rings. The molecule has 1 saturated heterocycles. The summed E-state index contributed by atoms with van der Waals surface area (Å²) in [6, 6.07) is 16.5. The third-order valence-corrected chi connectivity index (χ3v) is 3.95. The van der Waals surface area contributed by atoms with E-state index < -0.39 is 36.5 Å². The van der Waals surface area contributed by atoms with Crippen LogP contribution in [0.3, 0.4) is 0 Å². The highest BCUT2D eigenvalue weighted by Crippen LogP contribution is 2.24. The van der Waals surface area contributed by atoms with Gasteiger partial charge in [0.2, 0.25) is 0 Å². The van der Waals surface area contributed by atoms with Crippen molar-refractivity contribution in [2.75, 3.05) is 6.61 Å². The second-order valence-corrected chi connectivity index (χ2v) is 5.76. The van der Waals surface area contributed by atoms with Crippen molar-refractivity contribution in [3.8, 4) is 0 Å². The molecule has 7 heteroatoms. The van der Waals surface area contributed by atoms with Crippen LogP contribution >= 0.6 is 0 Å². The number of ether oxygens (including phenoxy) is 3. The number of hydrogen-bond donors (Lipinski definition) is 2. The SMILES string of the molecule is O=C(OC[C@H]1O[C@H](O)[C@H](OC(=O)c2ccccc2)[C@@H]1O)c1ccccc1. The van der Waals surface area contributed by atoms with E-state index in [4.69, 9.17) is 14.2 Å². The largest absolute Gasteiger partial charge is 0.459 e. The normalized spacial score (nSPS) is 24.8. The van der Waals surface area contributed by atoms with Gasteiger partial charge in [0, 0.05) is 0 Å². The van der Waals surface area contributed by atoms with Crippen molar-refractivity contribution in [3.63, 3.8) is 0 Å². The lowest BCUT2D eigenvalue weighted by Crippen LogP contribution is -2.38. The van der Waals surface area contributed by atoms with Crippen LogP contribution in [0.5, 0.6) is 0 Å². The van der Waals surface area contributed by atoms with Crippen molar-refractivity contribution in [1.29, 1.82) is 0 Å². The fraction of sp³-hybridized carbons (Fsp3) is 0.263. The Bertz CT molecular complexity index is 747. The maximum Gasteiger partial charge on any atom is 0.338 e. The fourth-order valence-electron chi connectivity index (χ4n) is 2.56. The van der Waals surface area contributed by atoms with Crippen molar-refractivity contribution in [1.82, 2.24) is 0 Å². The smallest absolute Gasteiger partial charge is 0.338 e. The number of carbonyl (C=O) groups excluding carboxylic acids is 2. The van der Waals surface area contributed by atoms with Crippen LogP contribution in [0.25, 0.3) is 0 Å². The van der Waals surface area contributed by atoms with Gasteiger partial charge in [0.1, 0.15) is 18.8 Å². The molecule has 1 heterocycles. The number of carbonyl (C=O) groups is 2. The predicted octanol–water partition coefficient (Wildman–Crippen LogP) is 1.15. The summed E-state index contributed by atoms with van der Waals surface area (Å²) < 4.78 is 15.4. The Balaban J connectivity index is 1.56. The van der Waals surface area contributed by atoms with Gasteiger partial charge in [0.05, 0.1) is 11.1 Å². The summed E-state index contributed by atoms with van der Waals surface area (Å²) >= 11 is 0. The first-order chi connectivity index (χ1) is 12.6. The highest BCUT2D eigenvalue weighted by atomic mass is 16.7. The number of rotatable bonds is 5. The zero-order valence-electron chi connectivity index (χ0n) is 13.7. The Morgan fingerprint density at radius 3 is 2.00 bits per heavy atom. The molecule has 3 rings (SSSR count). The fourth-order valence-corrected chi connectivity index (χ4v) is 2.56. The third kappa shape index (κ3) is 4.08. The van der Waals surface area contributed by atoms with Crippen molar-refractivity contribution >= 4 is 11.9 Å². The minimum atomic E-state index is -1.52. The molecule has 0 radical (unpaired) electrons. The van der Waals surface area contributed by atoms with Gasteiger partial charge < -0.3 is 24.4 Å². The molecule has 0 saturated carbocycles. The van der Waals surface area contributed by atoms with Crippen LogP contribution in [-0.4, -0.2) is 53.4 Å². The molecule has 0 unspecified atom stereocenters. The van der Waals surface area contributed by atoms with E-state index in [-0.39, 0.29) is 12.2 Å². The minimum absolute atomic E-state index is 0.283. The van der Waals surface area contributed by atoms with Gasteiger partial charge in [0.15, 0.2) is 12.4 Å². The molecule has 26 heavy (non-hydrogen) atoms. The molecule has 4 atom stereocenters. The molecule has 0 bridgehead atoms. The van der Waals surface area contributed by atoms with E-state index in [2.05, 4.69) is 0 Å². The van der Waals surface area contributed by atoms with E-state index >= 15 is 0 Å². The average molecular weight is 358 g/mol. The quantitative estimate of drug-likeness (QED) is 0.773. The Morgan fingerprint density at radius 1 is 0.885 bits per heavy atom. The molecule has 0 aromatic heterocycles.